The molecule has 1 saturated heterocycles. The molecular formula is C24H32N2O5S. The Kier molecular flexibility index (Phi) is 6.93. The number of fused-ring (bicyclic) bond motifs is 1. The van der Waals surface area contributed by atoms with Gasteiger partial charge in [0, 0.05) is 29.4 Å². The summed E-state index contributed by atoms with van der Waals surface area (Å²) in [4.78, 5) is 40.9. The van der Waals surface area contributed by atoms with Crippen molar-refractivity contribution in [3.63, 3.8) is 0 Å². The Bertz CT molecular complexity index is 971. The Morgan fingerprint density at radius 2 is 2.00 bits per heavy atom. The van der Waals surface area contributed by atoms with E-state index in [-0.39, 0.29) is 10.4 Å². The lowest BCUT2D eigenvalue weighted by Gasteiger charge is -2.47. The topological polar surface area (TPSA) is 76.2 Å². The average molecular weight is 461 g/mol. The minimum Gasteiger partial charge on any atom is -0.496 e. The number of methoxy groups -OCH3 is 2. The number of hydrogen-bond donors (Lipinski definition) is 0. The van der Waals surface area contributed by atoms with E-state index in [9.17, 15) is 14.4 Å². The Morgan fingerprint density at radius 3 is 2.59 bits per heavy atom. The number of esters is 1. The molecule has 0 aliphatic carbocycles. The van der Waals surface area contributed by atoms with Gasteiger partial charge in [-0.25, -0.2) is 4.79 Å². The molecule has 1 aromatic rings. The van der Waals surface area contributed by atoms with Gasteiger partial charge in [0.15, 0.2) is 0 Å². The molecule has 7 nitrogen and oxygen atoms in total. The number of rotatable bonds is 6. The number of carbonyl (C=O) groups is 3. The second kappa shape index (κ2) is 9.17. The van der Waals surface area contributed by atoms with E-state index in [0.717, 1.165) is 47.3 Å². The van der Waals surface area contributed by atoms with Gasteiger partial charge in [-0.05, 0) is 69.0 Å². The maximum absolute atomic E-state index is 12.9. The van der Waals surface area contributed by atoms with Crippen molar-refractivity contribution in [1.29, 1.82) is 0 Å². The number of nitrogens with zero attached hydrogens (tertiary/aromatic N) is 2. The third-order valence-electron chi connectivity index (χ3n) is 6.22. The molecule has 2 unspecified atom stereocenters. The number of imide groups is 1. The van der Waals surface area contributed by atoms with Gasteiger partial charge in [0.05, 0.1) is 19.1 Å². The summed E-state index contributed by atoms with van der Waals surface area (Å²) in [5.41, 5.74) is 3.12. The van der Waals surface area contributed by atoms with E-state index in [0.29, 0.717) is 11.7 Å². The maximum Gasteiger partial charge on any atom is 0.328 e. The standard InChI is InChI=1S/C24H32N2O5S/c1-8-9-25-18-12-19(30-6)16(10-17(18)14(2)13-24(25,4)5)11-20-21(27)26(23(29)32-20)15(3)22(28)31-7/h10-12,14-15H,8-9,13H2,1-7H3/b20-11-. The van der Waals surface area contributed by atoms with Gasteiger partial charge in [0.2, 0.25) is 0 Å². The largest absolute Gasteiger partial charge is 0.496 e. The highest BCUT2D eigenvalue weighted by molar-refractivity contribution is 8.18. The highest BCUT2D eigenvalue weighted by Gasteiger charge is 2.42. The van der Waals surface area contributed by atoms with Crippen molar-refractivity contribution in [2.75, 3.05) is 25.7 Å². The van der Waals surface area contributed by atoms with Crippen molar-refractivity contribution in [2.24, 2.45) is 0 Å². The fraction of sp³-hybridized carbons (Fsp3) is 0.542. The van der Waals surface area contributed by atoms with E-state index in [1.807, 2.05) is 6.07 Å². The zero-order valence-electron chi connectivity index (χ0n) is 19.9. The van der Waals surface area contributed by atoms with Gasteiger partial charge in [0.1, 0.15) is 11.8 Å². The molecule has 32 heavy (non-hydrogen) atoms. The SMILES string of the molecule is CCCN1c2cc(OC)c(/C=C3\SC(=O)N(C(C)C(=O)OC)C3=O)cc2C(C)CC1(C)C. The average Bonchev–Trinajstić information content (AvgIpc) is 3.02. The fourth-order valence-electron chi connectivity index (χ4n) is 4.69. The van der Waals surface area contributed by atoms with Crippen LogP contribution >= 0.6 is 11.8 Å². The van der Waals surface area contributed by atoms with Crippen LogP contribution in [0.2, 0.25) is 0 Å². The highest BCUT2D eigenvalue weighted by Crippen LogP contribution is 2.46. The number of amides is 2. The predicted octanol–water partition coefficient (Wildman–Crippen LogP) is 4.80. The van der Waals surface area contributed by atoms with E-state index in [1.54, 1.807) is 13.2 Å². The normalized spacial score (nSPS) is 22.2. The van der Waals surface area contributed by atoms with Gasteiger partial charge < -0.3 is 14.4 Å². The van der Waals surface area contributed by atoms with Crippen molar-refractivity contribution in [2.45, 2.75) is 65.0 Å². The molecule has 2 atom stereocenters. The molecule has 0 saturated carbocycles. The lowest BCUT2D eigenvalue weighted by molar-refractivity contribution is -0.148. The summed E-state index contributed by atoms with van der Waals surface area (Å²) in [5.74, 6) is -0.157. The summed E-state index contributed by atoms with van der Waals surface area (Å²) in [6.45, 7) is 11.3. The van der Waals surface area contributed by atoms with E-state index >= 15 is 0 Å². The van der Waals surface area contributed by atoms with E-state index in [1.165, 1.54) is 19.6 Å². The van der Waals surface area contributed by atoms with E-state index in [2.05, 4.69) is 38.7 Å². The second-order valence-corrected chi connectivity index (χ2v) is 9.97. The van der Waals surface area contributed by atoms with Crippen LogP contribution < -0.4 is 9.64 Å². The Balaban J connectivity index is 2.04. The molecule has 2 heterocycles. The lowest BCUT2D eigenvalue weighted by atomic mass is 9.79. The summed E-state index contributed by atoms with van der Waals surface area (Å²) < 4.78 is 10.4. The van der Waals surface area contributed by atoms with Crippen molar-refractivity contribution in [3.05, 3.63) is 28.2 Å². The van der Waals surface area contributed by atoms with Gasteiger partial charge in [-0.1, -0.05) is 13.8 Å². The molecule has 2 aliphatic heterocycles. The quantitative estimate of drug-likeness (QED) is 0.446. The highest BCUT2D eigenvalue weighted by atomic mass is 32.2. The van der Waals surface area contributed by atoms with E-state index in [4.69, 9.17) is 9.47 Å². The molecular weight excluding hydrogens is 428 g/mol. The predicted molar refractivity (Wildman–Crippen MR) is 127 cm³/mol. The molecule has 0 aromatic heterocycles. The summed E-state index contributed by atoms with van der Waals surface area (Å²) in [5, 5.41) is -0.486. The molecule has 3 rings (SSSR count). The van der Waals surface area contributed by atoms with Crippen molar-refractivity contribution >= 4 is 40.6 Å². The van der Waals surface area contributed by atoms with E-state index < -0.39 is 23.2 Å². The number of benzene rings is 1. The Hall–Kier alpha value is -2.48. The molecule has 0 bridgehead atoms. The first-order valence-corrected chi connectivity index (χ1v) is 11.7. The molecule has 1 fully saturated rings. The number of ether oxygens (including phenoxy) is 2. The molecule has 1 aromatic carbocycles. The van der Waals surface area contributed by atoms with Crippen molar-refractivity contribution < 1.29 is 23.9 Å². The molecule has 2 aliphatic rings. The first-order chi connectivity index (χ1) is 15.0. The maximum atomic E-state index is 12.9. The Labute approximate surface area is 194 Å². The summed E-state index contributed by atoms with van der Waals surface area (Å²) in [6, 6.07) is 3.12. The van der Waals surface area contributed by atoms with Gasteiger partial charge >= 0.3 is 5.97 Å². The Morgan fingerprint density at radius 1 is 1.31 bits per heavy atom. The molecule has 2 amide bonds. The van der Waals surface area contributed by atoms with Crippen LogP contribution in [0.5, 0.6) is 5.75 Å². The summed E-state index contributed by atoms with van der Waals surface area (Å²) in [7, 11) is 2.84. The van der Waals surface area contributed by atoms with Crippen molar-refractivity contribution in [1.82, 2.24) is 4.90 Å². The minimum absolute atomic E-state index is 0.0294. The van der Waals surface area contributed by atoms with Gasteiger partial charge in [-0.15, -0.1) is 0 Å². The third kappa shape index (κ3) is 4.25. The third-order valence-corrected chi connectivity index (χ3v) is 7.11. The van der Waals surface area contributed by atoms with Gasteiger partial charge in [0.25, 0.3) is 11.1 Å². The van der Waals surface area contributed by atoms with Crippen LogP contribution in [0.1, 0.15) is 64.5 Å². The van der Waals surface area contributed by atoms with Crippen LogP contribution in [-0.2, 0) is 14.3 Å². The second-order valence-electron chi connectivity index (χ2n) is 8.97. The van der Waals surface area contributed by atoms with Gasteiger partial charge in [-0.3, -0.25) is 14.5 Å². The molecule has 0 radical (unpaired) electrons. The summed E-state index contributed by atoms with van der Waals surface area (Å²) >= 11 is 0.823. The molecule has 174 valence electrons. The summed E-state index contributed by atoms with van der Waals surface area (Å²) in [6.07, 6.45) is 3.73. The number of anilines is 1. The first kappa shape index (κ1) is 24.2. The monoisotopic (exact) mass is 460 g/mol. The zero-order chi connectivity index (χ0) is 23.8. The van der Waals surface area contributed by atoms with Crippen LogP contribution in [0.3, 0.4) is 0 Å². The zero-order valence-corrected chi connectivity index (χ0v) is 20.7. The van der Waals surface area contributed by atoms with Gasteiger partial charge in [-0.2, -0.15) is 0 Å². The molecule has 8 heteroatoms. The van der Waals surface area contributed by atoms with Crippen LogP contribution in [0, 0.1) is 0 Å². The minimum atomic E-state index is -0.978. The number of carbonyl (C=O) groups excluding carboxylic acids is 3. The van der Waals surface area contributed by atoms with Crippen LogP contribution in [0.4, 0.5) is 10.5 Å². The van der Waals surface area contributed by atoms with Crippen LogP contribution in [-0.4, -0.2) is 54.4 Å². The van der Waals surface area contributed by atoms with Crippen molar-refractivity contribution in [3.8, 4) is 5.75 Å². The lowest BCUT2D eigenvalue weighted by Crippen LogP contribution is -2.48. The smallest absolute Gasteiger partial charge is 0.328 e. The molecule has 0 spiro atoms. The van der Waals surface area contributed by atoms with Crippen LogP contribution in [0.25, 0.3) is 6.08 Å². The van der Waals surface area contributed by atoms with Crippen LogP contribution in [0.15, 0.2) is 17.0 Å². The first-order valence-electron chi connectivity index (χ1n) is 10.9. The molecule has 0 N–H and O–H groups in total. The number of thioether (sulfide) groups is 1. The fourth-order valence-corrected chi connectivity index (χ4v) is 5.59. The number of hydrogen-bond acceptors (Lipinski definition) is 7.